The van der Waals surface area contributed by atoms with Crippen LogP contribution < -0.4 is 11.1 Å². The number of nitrogen functional groups attached to an aromatic ring is 1. The number of halogens is 1. The first-order valence-corrected chi connectivity index (χ1v) is 6.11. The number of anilines is 3. The third-order valence-electron chi connectivity index (χ3n) is 2.36. The molecule has 3 N–H and O–H groups in total. The van der Waals surface area contributed by atoms with Crippen LogP contribution in [0.3, 0.4) is 0 Å². The summed E-state index contributed by atoms with van der Waals surface area (Å²) in [4.78, 5) is 8.15. The molecule has 0 aliphatic carbocycles. The van der Waals surface area contributed by atoms with E-state index in [0.717, 1.165) is 16.6 Å². The Hall–Kier alpha value is -1.62. The molecule has 0 unspecified atom stereocenters. The average Bonchev–Trinajstić information content (AvgIpc) is 2.31. The highest BCUT2D eigenvalue weighted by atomic mass is 79.9. The Morgan fingerprint density at radius 1 is 1.35 bits per heavy atom. The van der Waals surface area contributed by atoms with E-state index in [0.29, 0.717) is 11.6 Å². The van der Waals surface area contributed by atoms with E-state index in [1.807, 2.05) is 12.1 Å². The molecule has 1 aromatic carbocycles. The summed E-state index contributed by atoms with van der Waals surface area (Å²) in [5, 5.41) is 3.22. The lowest BCUT2D eigenvalue weighted by atomic mass is 10.1. The molecule has 2 rings (SSSR count). The molecule has 0 aliphatic heterocycles. The standard InChI is InChI=1S/C12H13BrN4/c1-2-8-5-9(13)3-4-10(8)16-12-7-15-6-11(14)17-12/h3-7H,2H2,1H3,(H3,14,16,17). The average molecular weight is 293 g/mol. The van der Waals surface area contributed by atoms with E-state index >= 15 is 0 Å². The summed E-state index contributed by atoms with van der Waals surface area (Å²) in [6.07, 6.45) is 4.11. The molecule has 0 fully saturated rings. The molecule has 0 saturated heterocycles. The fourth-order valence-electron chi connectivity index (χ4n) is 1.56. The van der Waals surface area contributed by atoms with Gasteiger partial charge in [-0.2, -0.15) is 0 Å². The fraction of sp³-hybridized carbons (Fsp3) is 0.167. The summed E-state index contributed by atoms with van der Waals surface area (Å²) in [7, 11) is 0. The first-order valence-electron chi connectivity index (χ1n) is 5.32. The van der Waals surface area contributed by atoms with Crippen LogP contribution in [0.4, 0.5) is 17.3 Å². The number of aromatic nitrogens is 2. The highest BCUT2D eigenvalue weighted by Gasteiger charge is 2.03. The van der Waals surface area contributed by atoms with E-state index in [2.05, 4.69) is 44.2 Å². The van der Waals surface area contributed by atoms with Gasteiger partial charge in [0.05, 0.1) is 12.4 Å². The van der Waals surface area contributed by atoms with Gasteiger partial charge in [-0.3, -0.25) is 4.98 Å². The number of rotatable bonds is 3. The zero-order chi connectivity index (χ0) is 12.3. The molecule has 2 aromatic rings. The summed E-state index contributed by atoms with van der Waals surface area (Å²) in [5.74, 6) is 1.06. The lowest BCUT2D eigenvalue weighted by molar-refractivity contribution is 1.13. The number of hydrogen-bond donors (Lipinski definition) is 2. The minimum absolute atomic E-state index is 0.408. The molecular weight excluding hydrogens is 280 g/mol. The van der Waals surface area contributed by atoms with Crippen molar-refractivity contribution in [2.24, 2.45) is 0 Å². The quantitative estimate of drug-likeness (QED) is 0.912. The van der Waals surface area contributed by atoms with Crippen LogP contribution in [-0.2, 0) is 6.42 Å². The molecule has 0 aliphatic rings. The SMILES string of the molecule is CCc1cc(Br)ccc1Nc1cncc(N)n1. The van der Waals surface area contributed by atoms with Crippen molar-refractivity contribution in [1.82, 2.24) is 9.97 Å². The maximum absolute atomic E-state index is 5.59. The first-order chi connectivity index (χ1) is 8.19. The fourth-order valence-corrected chi connectivity index (χ4v) is 1.96. The van der Waals surface area contributed by atoms with Crippen molar-refractivity contribution in [2.45, 2.75) is 13.3 Å². The third kappa shape index (κ3) is 2.94. The summed E-state index contributed by atoms with van der Waals surface area (Å²) >= 11 is 3.46. The van der Waals surface area contributed by atoms with Crippen LogP contribution in [-0.4, -0.2) is 9.97 Å². The number of nitrogens with two attached hydrogens (primary N) is 1. The number of nitrogens with zero attached hydrogens (tertiary/aromatic N) is 2. The second kappa shape index (κ2) is 5.14. The van der Waals surface area contributed by atoms with Crippen molar-refractivity contribution in [3.05, 3.63) is 40.6 Å². The number of aryl methyl sites for hydroxylation is 1. The second-order valence-electron chi connectivity index (χ2n) is 3.61. The Balaban J connectivity index is 2.29. The predicted molar refractivity (Wildman–Crippen MR) is 73.2 cm³/mol. The minimum Gasteiger partial charge on any atom is -0.382 e. The molecule has 0 spiro atoms. The van der Waals surface area contributed by atoms with Gasteiger partial charge in [0.1, 0.15) is 5.82 Å². The smallest absolute Gasteiger partial charge is 0.151 e. The van der Waals surface area contributed by atoms with Crippen molar-refractivity contribution >= 4 is 33.3 Å². The number of benzene rings is 1. The van der Waals surface area contributed by atoms with Crippen molar-refractivity contribution < 1.29 is 0 Å². The molecule has 1 aromatic heterocycles. The molecule has 0 bridgehead atoms. The molecule has 1 heterocycles. The maximum Gasteiger partial charge on any atom is 0.151 e. The highest BCUT2D eigenvalue weighted by Crippen LogP contribution is 2.24. The van der Waals surface area contributed by atoms with Crippen molar-refractivity contribution in [2.75, 3.05) is 11.1 Å². The Labute approximate surface area is 108 Å². The summed E-state index contributed by atoms with van der Waals surface area (Å²) in [6.45, 7) is 2.11. The van der Waals surface area contributed by atoms with Crippen LogP contribution >= 0.6 is 15.9 Å². The third-order valence-corrected chi connectivity index (χ3v) is 2.86. The molecule has 0 amide bonds. The first kappa shape index (κ1) is 11.9. The van der Waals surface area contributed by atoms with Crippen molar-refractivity contribution in [1.29, 1.82) is 0 Å². The van der Waals surface area contributed by atoms with Gasteiger partial charge in [0.15, 0.2) is 5.82 Å². The van der Waals surface area contributed by atoms with E-state index in [-0.39, 0.29) is 0 Å². The van der Waals surface area contributed by atoms with Gasteiger partial charge < -0.3 is 11.1 Å². The lowest BCUT2D eigenvalue weighted by Crippen LogP contribution is -2.00. The van der Waals surface area contributed by atoms with Crippen LogP contribution in [0, 0.1) is 0 Å². The second-order valence-corrected chi connectivity index (χ2v) is 4.52. The predicted octanol–water partition coefficient (Wildman–Crippen LogP) is 3.13. The Morgan fingerprint density at radius 2 is 2.18 bits per heavy atom. The zero-order valence-corrected chi connectivity index (χ0v) is 11.0. The lowest BCUT2D eigenvalue weighted by Gasteiger charge is -2.10. The van der Waals surface area contributed by atoms with Crippen LogP contribution in [0.25, 0.3) is 0 Å². The van der Waals surface area contributed by atoms with Crippen LogP contribution in [0.5, 0.6) is 0 Å². The van der Waals surface area contributed by atoms with Crippen molar-refractivity contribution in [3.8, 4) is 0 Å². The Kier molecular flexibility index (Phi) is 3.58. The maximum atomic E-state index is 5.59. The van der Waals surface area contributed by atoms with Gasteiger partial charge in [-0.05, 0) is 30.2 Å². The van der Waals surface area contributed by atoms with Gasteiger partial charge in [0.25, 0.3) is 0 Å². The molecule has 88 valence electrons. The number of nitrogens with one attached hydrogen (secondary N) is 1. The van der Waals surface area contributed by atoms with E-state index < -0.39 is 0 Å². The largest absolute Gasteiger partial charge is 0.382 e. The van der Waals surface area contributed by atoms with Gasteiger partial charge in [0, 0.05) is 10.2 Å². The molecule has 5 heteroatoms. The van der Waals surface area contributed by atoms with Crippen LogP contribution in [0.1, 0.15) is 12.5 Å². The molecule has 4 nitrogen and oxygen atoms in total. The van der Waals surface area contributed by atoms with Gasteiger partial charge in [-0.1, -0.05) is 22.9 Å². The van der Waals surface area contributed by atoms with Gasteiger partial charge >= 0.3 is 0 Å². The molecule has 0 radical (unpaired) electrons. The molecular formula is C12H13BrN4. The van der Waals surface area contributed by atoms with Crippen LogP contribution in [0.2, 0.25) is 0 Å². The van der Waals surface area contributed by atoms with E-state index in [1.165, 1.54) is 11.8 Å². The summed E-state index contributed by atoms with van der Waals surface area (Å²) in [6, 6.07) is 6.08. The zero-order valence-electron chi connectivity index (χ0n) is 9.44. The molecule has 0 saturated carbocycles. The monoisotopic (exact) mass is 292 g/mol. The Bertz CT molecular complexity index is 528. The molecule has 0 atom stereocenters. The van der Waals surface area contributed by atoms with E-state index in [9.17, 15) is 0 Å². The summed E-state index contributed by atoms with van der Waals surface area (Å²) < 4.78 is 1.07. The topological polar surface area (TPSA) is 63.8 Å². The van der Waals surface area contributed by atoms with Gasteiger partial charge in [-0.25, -0.2) is 4.98 Å². The van der Waals surface area contributed by atoms with Gasteiger partial charge in [-0.15, -0.1) is 0 Å². The minimum atomic E-state index is 0.408. The normalized spacial score (nSPS) is 10.2. The van der Waals surface area contributed by atoms with E-state index in [1.54, 1.807) is 6.20 Å². The van der Waals surface area contributed by atoms with Crippen molar-refractivity contribution in [3.63, 3.8) is 0 Å². The highest BCUT2D eigenvalue weighted by molar-refractivity contribution is 9.10. The van der Waals surface area contributed by atoms with E-state index in [4.69, 9.17) is 5.73 Å². The number of hydrogen-bond acceptors (Lipinski definition) is 4. The molecule has 17 heavy (non-hydrogen) atoms. The summed E-state index contributed by atoms with van der Waals surface area (Å²) in [5.41, 5.74) is 7.82. The van der Waals surface area contributed by atoms with Gasteiger partial charge in [0.2, 0.25) is 0 Å². The Morgan fingerprint density at radius 3 is 2.88 bits per heavy atom. The van der Waals surface area contributed by atoms with Crippen LogP contribution in [0.15, 0.2) is 35.1 Å².